The summed E-state index contributed by atoms with van der Waals surface area (Å²) in [4.78, 5) is 10.9. The molecule has 0 spiro atoms. The van der Waals surface area contributed by atoms with Gasteiger partial charge in [0.05, 0.1) is 0 Å². The van der Waals surface area contributed by atoms with Gasteiger partial charge in [-0.25, -0.2) is 8.42 Å². The van der Waals surface area contributed by atoms with Gasteiger partial charge >= 0.3 is 5.97 Å². The molecule has 1 saturated heterocycles. The predicted octanol–water partition coefficient (Wildman–Crippen LogP) is 1.63. The fourth-order valence-corrected chi connectivity index (χ4v) is 4.01. The number of sulfonamides is 1. The number of nitrogens with zero attached hydrogens (tertiary/aromatic N) is 1. The van der Waals surface area contributed by atoms with Crippen molar-refractivity contribution in [1.29, 1.82) is 0 Å². The lowest BCUT2D eigenvalue weighted by atomic mass is 10.1. The summed E-state index contributed by atoms with van der Waals surface area (Å²) in [5.74, 6) is -1.31. The van der Waals surface area contributed by atoms with Crippen LogP contribution in [0.25, 0.3) is 0 Å². The molecule has 19 heavy (non-hydrogen) atoms. The molecule has 0 aliphatic carbocycles. The highest BCUT2D eigenvalue weighted by Crippen LogP contribution is 2.35. The molecular weight excluding hydrogens is 266 g/mol. The minimum Gasteiger partial charge on any atom is -0.480 e. The molecule has 1 fully saturated rings. The number of carbonyl (C=O) groups is 1. The summed E-state index contributed by atoms with van der Waals surface area (Å²) in [6, 6.07) is 9.11. The van der Waals surface area contributed by atoms with E-state index in [0.29, 0.717) is 6.54 Å². The highest BCUT2D eigenvalue weighted by atomic mass is 32.2. The number of hydrogen-bond donors (Lipinski definition) is 1. The van der Waals surface area contributed by atoms with Crippen molar-refractivity contribution in [2.45, 2.75) is 31.1 Å². The van der Waals surface area contributed by atoms with Crippen molar-refractivity contribution >= 4 is 16.0 Å². The molecule has 0 saturated carbocycles. The second kappa shape index (κ2) is 5.30. The van der Waals surface area contributed by atoms with Crippen molar-refractivity contribution < 1.29 is 18.3 Å². The minimum atomic E-state index is -3.80. The number of aliphatic carboxylic acids is 1. The van der Waals surface area contributed by atoms with Crippen LogP contribution in [0.5, 0.6) is 0 Å². The van der Waals surface area contributed by atoms with Crippen LogP contribution < -0.4 is 0 Å². The van der Waals surface area contributed by atoms with Gasteiger partial charge in [0.25, 0.3) is 0 Å². The van der Waals surface area contributed by atoms with Gasteiger partial charge in [-0.3, -0.25) is 4.79 Å². The largest absolute Gasteiger partial charge is 0.480 e. The van der Waals surface area contributed by atoms with E-state index in [4.69, 9.17) is 5.11 Å². The maximum absolute atomic E-state index is 12.3. The number of rotatable bonds is 4. The number of carboxylic acid groups (broad SMARTS) is 1. The van der Waals surface area contributed by atoms with Gasteiger partial charge in [0.15, 0.2) is 5.25 Å². The molecule has 1 N–H and O–H groups in total. The summed E-state index contributed by atoms with van der Waals surface area (Å²) in [6.07, 6.45) is 1.49. The molecular formula is C13H17NO4S. The fourth-order valence-electron chi connectivity index (χ4n) is 2.38. The lowest BCUT2D eigenvalue weighted by Gasteiger charge is -2.26. The molecule has 104 valence electrons. The molecule has 1 aromatic rings. The van der Waals surface area contributed by atoms with Gasteiger partial charge in [0.1, 0.15) is 0 Å². The van der Waals surface area contributed by atoms with Gasteiger partial charge in [0, 0.05) is 12.6 Å². The molecule has 1 aliphatic rings. The smallest absolute Gasteiger partial charge is 0.323 e. The first-order chi connectivity index (χ1) is 8.94. The first kappa shape index (κ1) is 14.0. The summed E-state index contributed by atoms with van der Waals surface area (Å²) in [5, 5.41) is 7.52. The van der Waals surface area contributed by atoms with Crippen LogP contribution in [0.15, 0.2) is 30.3 Å². The Bertz CT molecular complexity index is 555. The van der Waals surface area contributed by atoms with E-state index in [0.717, 1.165) is 18.4 Å². The molecule has 1 aliphatic heterocycles. The average Bonchev–Trinajstić information content (AvgIpc) is 2.88. The summed E-state index contributed by atoms with van der Waals surface area (Å²) >= 11 is 0. The highest BCUT2D eigenvalue weighted by Gasteiger charge is 2.40. The van der Waals surface area contributed by atoms with Crippen LogP contribution in [-0.4, -0.2) is 35.6 Å². The van der Waals surface area contributed by atoms with Crippen molar-refractivity contribution in [1.82, 2.24) is 4.31 Å². The van der Waals surface area contributed by atoms with Crippen LogP contribution in [0.2, 0.25) is 0 Å². The van der Waals surface area contributed by atoms with Gasteiger partial charge in [-0.15, -0.1) is 0 Å². The topological polar surface area (TPSA) is 74.7 Å². The van der Waals surface area contributed by atoms with Gasteiger partial charge in [-0.1, -0.05) is 30.3 Å². The van der Waals surface area contributed by atoms with Crippen molar-refractivity contribution in [3.63, 3.8) is 0 Å². The Morgan fingerprint density at radius 2 is 2.00 bits per heavy atom. The summed E-state index contributed by atoms with van der Waals surface area (Å²) in [5.41, 5.74) is 0.918. The molecule has 5 nitrogen and oxygen atoms in total. The van der Waals surface area contributed by atoms with E-state index in [-0.39, 0.29) is 6.04 Å². The zero-order valence-electron chi connectivity index (χ0n) is 10.7. The monoisotopic (exact) mass is 283 g/mol. The normalized spacial score (nSPS) is 22.3. The SMILES string of the molecule is CC(C(=O)O)S(=O)(=O)N1CCCC1c1ccccc1. The molecule has 0 aromatic heterocycles. The van der Waals surface area contributed by atoms with Gasteiger partial charge in [-0.05, 0) is 25.3 Å². The minimum absolute atomic E-state index is 0.243. The predicted molar refractivity (Wildman–Crippen MR) is 71.1 cm³/mol. The highest BCUT2D eigenvalue weighted by molar-refractivity contribution is 7.90. The third-order valence-corrected chi connectivity index (χ3v) is 5.70. The maximum atomic E-state index is 12.3. The Morgan fingerprint density at radius 3 is 2.58 bits per heavy atom. The fraction of sp³-hybridized carbons (Fsp3) is 0.462. The standard InChI is InChI=1S/C13H17NO4S/c1-10(13(15)16)19(17,18)14-9-5-8-12(14)11-6-3-2-4-7-11/h2-4,6-7,10,12H,5,8-9H2,1H3,(H,15,16). The third kappa shape index (κ3) is 2.64. The van der Waals surface area contributed by atoms with Gasteiger partial charge < -0.3 is 5.11 Å². The van der Waals surface area contributed by atoms with Crippen LogP contribution in [0.4, 0.5) is 0 Å². The Balaban J connectivity index is 2.32. The summed E-state index contributed by atoms with van der Waals surface area (Å²) in [6.45, 7) is 1.61. The molecule has 2 atom stereocenters. The molecule has 2 unspecified atom stereocenters. The lowest BCUT2D eigenvalue weighted by molar-refractivity contribution is -0.136. The van der Waals surface area contributed by atoms with E-state index in [9.17, 15) is 13.2 Å². The molecule has 6 heteroatoms. The van der Waals surface area contributed by atoms with Crippen molar-refractivity contribution in [3.05, 3.63) is 35.9 Å². The van der Waals surface area contributed by atoms with E-state index in [1.807, 2.05) is 30.3 Å². The summed E-state index contributed by atoms with van der Waals surface area (Å²) in [7, 11) is -3.80. The van der Waals surface area contributed by atoms with Gasteiger partial charge in [0.2, 0.25) is 10.0 Å². The van der Waals surface area contributed by atoms with Crippen molar-refractivity contribution in [2.24, 2.45) is 0 Å². The number of hydrogen-bond acceptors (Lipinski definition) is 3. The second-order valence-electron chi connectivity index (χ2n) is 4.70. The lowest BCUT2D eigenvalue weighted by Crippen LogP contribution is -2.40. The maximum Gasteiger partial charge on any atom is 0.323 e. The molecule has 1 aromatic carbocycles. The Labute approximate surface area is 112 Å². The Kier molecular flexibility index (Phi) is 3.91. The summed E-state index contributed by atoms with van der Waals surface area (Å²) < 4.78 is 25.9. The van der Waals surface area contributed by atoms with E-state index in [1.54, 1.807) is 0 Å². The Hall–Kier alpha value is -1.40. The molecule has 2 rings (SSSR count). The first-order valence-electron chi connectivity index (χ1n) is 6.23. The van der Waals surface area contributed by atoms with Crippen molar-refractivity contribution in [3.8, 4) is 0 Å². The van der Waals surface area contributed by atoms with Crippen LogP contribution in [0.3, 0.4) is 0 Å². The van der Waals surface area contributed by atoms with E-state index in [1.165, 1.54) is 11.2 Å². The molecule has 0 amide bonds. The second-order valence-corrected chi connectivity index (χ2v) is 6.91. The van der Waals surface area contributed by atoms with Crippen LogP contribution in [-0.2, 0) is 14.8 Å². The van der Waals surface area contributed by atoms with Crippen LogP contribution in [0.1, 0.15) is 31.4 Å². The third-order valence-electron chi connectivity index (χ3n) is 3.51. The van der Waals surface area contributed by atoms with Gasteiger partial charge in [-0.2, -0.15) is 4.31 Å². The zero-order chi connectivity index (χ0) is 14.0. The molecule has 0 bridgehead atoms. The molecule has 0 radical (unpaired) electrons. The first-order valence-corrected chi connectivity index (χ1v) is 7.73. The van der Waals surface area contributed by atoms with Crippen LogP contribution >= 0.6 is 0 Å². The Morgan fingerprint density at radius 1 is 1.37 bits per heavy atom. The van der Waals surface area contributed by atoms with E-state index in [2.05, 4.69) is 0 Å². The quantitative estimate of drug-likeness (QED) is 0.911. The number of carboxylic acids is 1. The zero-order valence-corrected chi connectivity index (χ0v) is 11.5. The van der Waals surface area contributed by atoms with Crippen LogP contribution in [0, 0.1) is 0 Å². The van der Waals surface area contributed by atoms with Crippen molar-refractivity contribution in [2.75, 3.05) is 6.54 Å². The van der Waals surface area contributed by atoms with E-state index >= 15 is 0 Å². The van der Waals surface area contributed by atoms with E-state index < -0.39 is 21.2 Å². The average molecular weight is 283 g/mol. The number of benzene rings is 1. The molecule has 1 heterocycles.